The monoisotopic (exact) mass is 296 g/mol. The molecule has 0 heterocycles. The average Bonchev–Trinajstić information content (AvgIpc) is 2.52. The molecule has 0 aliphatic carbocycles. The van der Waals surface area contributed by atoms with Crippen molar-refractivity contribution in [2.75, 3.05) is 0 Å². The van der Waals surface area contributed by atoms with Gasteiger partial charge in [0.25, 0.3) is 0 Å². The Balaban J connectivity index is 1.97. The molecule has 0 spiro atoms. The van der Waals surface area contributed by atoms with E-state index in [9.17, 15) is 4.79 Å². The van der Waals surface area contributed by atoms with Gasteiger partial charge in [0.2, 0.25) is 0 Å². The van der Waals surface area contributed by atoms with Crippen LogP contribution in [0.4, 0.5) is 0 Å². The molecular weight excluding hydrogens is 276 g/mol. The Morgan fingerprint density at radius 2 is 1.91 bits per heavy atom. The molecule has 0 radical (unpaired) electrons. The smallest absolute Gasteiger partial charge is 0.335 e. The van der Waals surface area contributed by atoms with Crippen LogP contribution < -0.4 is 4.74 Å². The van der Waals surface area contributed by atoms with E-state index in [2.05, 4.69) is 26.0 Å². The summed E-state index contributed by atoms with van der Waals surface area (Å²) in [6, 6.07) is 14.6. The predicted octanol–water partition coefficient (Wildman–Crippen LogP) is 4.63. The van der Waals surface area contributed by atoms with E-state index in [4.69, 9.17) is 9.84 Å². The lowest BCUT2D eigenvalue weighted by Crippen LogP contribution is -2.00. The summed E-state index contributed by atoms with van der Waals surface area (Å²) in [5.74, 6) is 0.364. The summed E-state index contributed by atoms with van der Waals surface area (Å²) in [5.41, 5.74) is 2.24. The van der Waals surface area contributed by atoms with E-state index in [1.807, 2.05) is 30.3 Å². The van der Waals surface area contributed by atoms with E-state index in [0.717, 1.165) is 16.9 Å². The topological polar surface area (TPSA) is 46.5 Å². The van der Waals surface area contributed by atoms with E-state index in [-0.39, 0.29) is 5.56 Å². The number of carboxylic acid groups (broad SMARTS) is 1. The van der Waals surface area contributed by atoms with Crippen molar-refractivity contribution in [3.63, 3.8) is 0 Å². The number of aromatic carboxylic acids is 1. The lowest BCUT2D eigenvalue weighted by atomic mass is 10.1. The molecule has 0 aliphatic heterocycles. The molecule has 1 N–H and O–H groups in total. The molecule has 3 heteroatoms. The van der Waals surface area contributed by atoms with Crippen molar-refractivity contribution in [3.8, 4) is 5.75 Å². The zero-order valence-corrected chi connectivity index (χ0v) is 12.8. The number of allylic oxidation sites excluding steroid dienone is 1. The number of hydrogen-bond acceptors (Lipinski definition) is 2. The van der Waals surface area contributed by atoms with Crippen LogP contribution in [-0.2, 0) is 6.61 Å². The Hall–Kier alpha value is -2.55. The summed E-state index contributed by atoms with van der Waals surface area (Å²) in [6.45, 7) is 4.63. The Bertz CT molecular complexity index is 655. The Labute approximate surface area is 130 Å². The van der Waals surface area contributed by atoms with Gasteiger partial charge in [0.1, 0.15) is 12.4 Å². The van der Waals surface area contributed by atoms with E-state index in [0.29, 0.717) is 12.5 Å². The van der Waals surface area contributed by atoms with Crippen molar-refractivity contribution in [1.29, 1.82) is 0 Å². The fourth-order valence-electron chi connectivity index (χ4n) is 1.94. The normalized spacial score (nSPS) is 11.0. The number of benzene rings is 2. The molecule has 0 amide bonds. The first-order chi connectivity index (χ1) is 10.5. The van der Waals surface area contributed by atoms with Crippen LogP contribution in [0.15, 0.2) is 54.6 Å². The molecular formula is C19H20O3. The predicted molar refractivity (Wildman–Crippen MR) is 88.0 cm³/mol. The van der Waals surface area contributed by atoms with Gasteiger partial charge >= 0.3 is 5.97 Å². The van der Waals surface area contributed by atoms with Crippen molar-refractivity contribution < 1.29 is 14.6 Å². The molecule has 114 valence electrons. The van der Waals surface area contributed by atoms with Crippen LogP contribution in [0.2, 0.25) is 0 Å². The second-order valence-electron chi connectivity index (χ2n) is 5.47. The fraction of sp³-hybridized carbons (Fsp3) is 0.211. The van der Waals surface area contributed by atoms with Crippen molar-refractivity contribution in [2.45, 2.75) is 20.5 Å². The Morgan fingerprint density at radius 3 is 2.55 bits per heavy atom. The first kappa shape index (κ1) is 15.8. The first-order valence-electron chi connectivity index (χ1n) is 7.28. The van der Waals surface area contributed by atoms with Gasteiger partial charge in [0.05, 0.1) is 5.56 Å². The summed E-state index contributed by atoms with van der Waals surface area (Å²) in [5, 5.41) is 8.97. The van der Waals surface area contributed by atoms with Crippen molar-refractivity contribution in [1.82, 2.24) is 0 Å². The minimum Gasteiger partial charge on any atom is -0.489 e. The number of carboxylic acids is 1. The van der Waals surface area contributed by atoms with Gasteiger partial charge < -0.3 is 9.84 Å². The van der Waals surface area contributed by atoms with Crippen molar-refractivity contribution >= 4 is 12.0 Å². The summed E-state index contributed by atoms with van der Waals surface area (Å²) in [7, 11) is 0. The van der Waals surface area contributed by atoms with Gasteiger partial charge in [-0.25, -0.2) is 4.79 Å². The lowest BCUT2D eigenvalue weighted by molar-refractivity contribution is 0.0696. The summed E-state index contributed by atoms with van der Waals surface area (Å²) >= 11 is 0. The highest BCUT2D eigenvalue weighted by Gasteiger charge is 2.03. The zero-order chi connectivity index (χ0) is 15.9. The molecule has 0 saturated carbocycles. The van der Waals surface area contributed by atoms with E-state index < -0.39 is 5.97 Å². The van der Waals surface area contributed by atoms with Gasteiger partial charge in [-0.3, -0.25) is 0 Å². The largest absolute Gasteiger partial charge is 0.489 e. The van der Waals surface area contributed by atoms with Gasteiger partial charge in [0, 0.05) is 0 Å². The number of rotatable bonds is 6. The fourth-order valence-corrected chi connectivity index (χ4v) is 1.94. The van der Waals surface area contributed by atoms with Gasteiger partial charge in [-0.15, -0.1) is 0 Å². The minimum atomic E-state index is -0.928. The Kier molecular flexibility index (Phi) is 5.37. The standard InChI is InChI=1S/C19H20O3/c1-14(2)6-7-15-8-10-18(11-9-15)22-13-16-4-3-5-17(12-16)19(20)21/h3-12,14H,13H2,1-2H3,(H,20,21)/b7-6+. The second kappa shape index (κ2) is 7.46. The van der Waals surface area contributed by atoms with E-state index in [1.54, 1.807) is 18.2 Å². The van der Waals surface area contributed by atoms with Crippen LogP contribution in [0.5, 0.6) is 5.75 Å². The third kappa shape index (κ3) is 4.77. The maximum atomic E-state index is 10.9. The second-order valence-corrected chi connectivity index (χ2v) is 5.47. The first-order valence-corrected chi connectivity index (χ1v) is 7.28. The summed E-state index contributed by atoms with van der Waals surface area (Å²) < 4.78 is 5.69. The van der Waals surface area contributed by atoms with Gasteiger partial charge in [0.15, 0.2) is 0 Å². The molecule has 0 aromatic heterocycles. The van der Waals surface area contributed by atoms with Crippen molar-refractivity contribution in [2.24, 2.45) is 5.92 Å². The summed E-state index contributed by atoms with van der Waals surface area (Å²) in [4.78, 5) is 10.9. The number of carbonyl (C=O) groups is 1. The molecule has 2 aromatic carbocycles. The third-order valence-corrected chi connectivity index (χ3v) is 3.13. The Morgan fingerprint density at radius 1 is 1.18 bits per heavy atom. The van der Waals surface area contributed by atoms with Crippen LogP contribution in [0.25, 0.3) is 6.08 Å². The van der Waals surface area contributed by atoms with Gasteiger partial charge in [-0.05, 0) is 41.3 Å². The molecule has 0 saturated heterocycles. The maximum absolute atomic E-state index is 10.9. The third-order valence-electron chi connectivity index (χ3n) is 3.13. The van der Waals surface area contributed by atoms with Crippen molar-refractivity contribution in [3.05, 3.63) is 71.3 Å². The highest BCUT2D eigenvalue weighted by molar-refractivity contribution is 5.87. The van der Waals surface area contributed by atoms with Crippen LogP contribution in [0.1, 0.15) is 35.3 Å². The van der Waals surface area contributed by atoms with Gasteiger partial charge in [-0.2, -0.15) is 0 Å². The highest BCUT2D eigenvalue weighted by Crippen LogP contribution is 2.16. The maximum Gasteiger partial charge on any atom is 0.335 e. The average molecular weight is 296 g/mol. The molecule has 0 fully saturated rings. The van der Waals surface area contributed by atoms with Crippen LogP contribution >= 0.6 is 0 Å². The van der Waals surface area contributed by atoms with E-state index >= 15 is 0 Å². The molecule has 0 atom stereocenters. The molecule has 3 nitrogen and oxygen atoms in total. The molecule has 22 heavy (non-hydrogen) atoms. The quantitative estimate of drug-likeness (QED) is 0.845. The number of ether oxygens (including phenoxy) is 1. The highest BCUT2D eigenvalue weighted by atomic mass is 16.5. The molecule has 2 aromatic rings. The number of hydrogen-bond donors (Lipinski definition) is 1. The minimum absolute atomic E-state index is 0.273. The lowest BCUT2D eigenvalue weighted by Gasteiger charge is -2.07. The molecule has 0 unspecified atom stereocenters. The van der Waals surface area contributed by atoms with Crippen LogP contribution in [0.3, 0.4) is 0 Å². The molecule has 0 bridgehead atoms. The zero-order valence-electron chi connectivity index (χ0n) is 12.8. The van der Waals surface area contributed by atoms with E-state index in [1.165, 1.54) is 0 Å². The molecule has 2 rings (SSSR count). The summed E-state index contributed by atoms with van der Waals surface area (Å²) in [6.07, 6.45) is 4.23. The van der Waals surface area contributed by atoms with Crippen LogP contribution in [-0.4, -0.2) is 11.1 Å². The van der Waals surface area contributed by atoms with Gasteiger partial charge in [-0.1, -0.05) is 50.3 Å². The SMILES string of the molecule is CC(C)/C=C/c1ccc(OCc2cccc(C(=O)O)c2)cc1. The molecule has 0 aliphatic rings. The van der Waals surface area contributed by atoms with Crippen LogP contribution in [0, 0.1) is 5.92 Å².